The maximum absolute atomic E-state index is 13.4. The van der Waals surface area contributed by atoms with E-state index in [1.165, 1.54) is 12.1 Å². The van der Waals surface area contributed by atoms with Crippen LogP contribution in [0.15, 0.2) is 42.0 Å². The van der Waals surface area contributed by atoms with Crippen LogP contribution in [0.2, 0.25) is 0 Å². The van der Waals surface area contributed by atoms with Gasteiger partial charge in [-0.15, -0.1) is 0 Å². The van der Waals surface area contributed by atoms with E-state index in [0.29, 0.717) is 16.3 Å². The minimum Gasteiger partial charge on any atom is -0.289 e. The van der Waals surface area contributed by atoms with Crippen molar-refractivity contribution in [3.8, 4) is 12.1 Å². The van der Waals surface area contributed by atoms with Crippen molar-refractivity contribution in [1.82, 2.24) is 0 Å². The van der Waals surface area contributed by atoms with Crippen LogP contribution in [0, 0.1) is 34.3 Å². The van der Waals surface area contributed by atoms with Gasteiger partial charge in [-0.2, -0.15) is 10.5 Å². The topological polar surface area (TPSA) is 64.7 Å². The number of carbonyl (C=O) groups excluding carboxylic acids is 1. The number of fused-ring (bicyclic) bond motifs is 2. The molecule has 5 heteroatoms. The Balaban J connectivity index is 2.44. The molecule has 0 saturated carbocycles. The van der Waals surface area contributed by atoms with Crippen molar-refractivity contribution in [3.63, 3.8) is 0 Å². The first-order valence-electron chi connectivity index (χ1n) is 6.19. The van der Waals surface area contributed by atoms with Gasteiger partial charge in [-0.25, -0.2) is 8.78 Å². The normalized spacial score (nSPS) is 13.0. The van der Waals surface area contributed by atoms with E-state index >= 15 is 0 Å². The van der Waals surface area contributed by atoms with Crippen LogP contribution in [0.1, 0.15) is 15.9 Å². The number of halogens is 2. The summed E-state index contributed by atoms with van der Waals surface area (Å²) in [6.45, 7) is 3.62. The first-order chi connectivity index (χ1) is 10.5. The molecule has 22 heavy (non-hydrogen) atoms. The average molecular weight is 292 g/mol. The number of benzene rings is 2. The molecule has 1 aliphatic rings. The second-order valence-electron chi connectivity index (χ2n) is 4.79. The van der Waals surface area contributed by atoms with Crippen molar-refractivity contribution in [2.75, 3.05) is 0 Å². The van der Waals surface area contributed by atoms with Crippen molar-refractivity contribution in [1.29, 1.82) is 10.5 Å². The van der Waals surface area contributed by atoms with Gasteiger partial charge in [0.15, 0.2) is 17.4 Å². The smallest absolute Gasteiger partial charge is 0.193 e. The molecule has 1 aliphatic carbocycles. The molecule has 104 valence electrons. The Labute approximate surface area is 124 Å². The molecule has 3 nitrogen and oxygen atoms in total. The van der Waals surface area contributed by atoms with Crippen molar-refractivity contribution >= 4 is 22.1 Å². The number of carbonyl (C=O) groups is 1. The van der Waals surface area contributed by atoms with Crippen LogP contribution < -0.4 is 0 Å². The van der Waals surface area contributed by atoms with Gasteiger partial charge in [-0.1, -0.05) is 6.58 Å². The molecule has 3 rings (SSSR count). The molecule has 0 heterocycles. The van der Waals surface area contributed by atoms with Crippen molar-refractivity contribution in [2.24, 2.45) is 0 Å². The lowest BCUT2D eigenvalue weighted by Gasteiger charge is -2.04. The molecule has 0 atom stereocenters. The molecule has 0 spiro atoms. The summed E-state index contributed by atoms with van der Waals surface area (Å²) in [5.74, 6) is -2.45. The van der Waals surface area contributed by atoms with Crippen LogP contribution in [0.25, 0.3) is 16.3 Å². The summed E-state index contributed by atoms with van der Waals surface area (Å²) in [5.41, 5.74) is 0.508. The molecule has 0 N–H and O–H groups in total. The number of allylic oxidation sites excluding steroid dienone is 3. The number of hydrogen-bond acceptors (Lipinski definition) is 3. The lowest BCUT2D eigenvalue weighted by atomic mass is 9.98. The molecule has 0 radical (unpaired) electrons. The Morgan fingerprint density at radius 3 is 1.95 bits per heavy atom. The van der Waals surface area contributed by atoms with E-state index in [1.807, 2.05) is 0 Å². The SMILES string of the molecule is C=C1C(=O)c2cc3cc(F)c(F)cc3cc2C1=C(C#N)C#N. The van der Waals surface area contributed by atoms with Crippen molar-refractivity contribution in [2.45, 2.75) is 0 Å². The highest BCUT2D eigenvalue weighted by atomic mass is 19.2. The predicted molar refractivity (Wildman–Crippen MR) is 75.5 cm³/mol. The maximum Gasteiger partial charge on any atom is 0.193 e. The lowest BCUT2D eigenvalue weighted by molar-refractivity contribution is 0.104. The second kappa shape index (κ2) is 4.61. The summed E-state index contributed by atoms with van der Waals surface area (Å²) in [4.78, 5) is 12.2. The van der Waals surface area contributed by atoms with Gasteiger partial charge < -0.3 is 0 Å². The number of Topliss-reactive ketones (excluding diaryl/α,β-unsaturated/α-hetero) is 1. The van der Waals surface area contributed by atoms with Crippen LogP contribution in [0.3, 0.4) is 0 Å². The number of nitriles is 2. The standard InChI is InChI=1S/C17H6F2N2O/c1-8-16(11(6-20)7-21)12-2-9-4-14(18)15(19)5-10(9)3-13(12)17(8)22/h2-5H,1H2. The lowest BCUT2D eigenvalue weighted by Crippen LogP contribution is -1.94. The highest BCUT2D eigenvalue weighted by molar-refractivity contribution is 6.28. The van der Waals surface area contributed by atoms with Gasteiger partial charge in [-0.05, 0) is 40.6 Å². The Morgan fingerprint density at radius 2 is 1.45 bits per heavy atom. The highest BCUT2D eigenvalue weighted by Gasteiger charge is 2.31. The van der Waals surface area contributed by atoms with E-state index in [9.17, 15) is 13.6 Å². The molecule has 0 unspecified atom stereocenters. The molecule has 0 aliphatic heterocycles. The Morgan fingerprint density at radius 1 is 0.955 bits per heavy atom. The van der Waals surface area contributed by atoms with E-state index in [1.54, 1.807) is 12.1 Å². The second-order valence-corrected chi connectivity index (χ2v) is 4.79. The van der Waals surface area contributed by atoms with E-state index < -0.39 is 17.4 Å². The zero-order chi connectivity index (χ0) is 16.0. The molecular weight excluding hydrogens is 286 g/mol. The fourth-order valence-electron chi connectivity index (χ4n) is 2.55. The fraction of sp³-hybridized carbons (Fsp3) is 0. The first kappa shape index (κ1) is 13.7. The van der Waals surface area contributed by atoms with Gasteiger partial charge in [0.2, 0.25) is 0 Å². The molecule has 2 aromatic carbocycles. The molecule has 2 aromatic rings. The van der Waals surface area contributed by atoms with Gasteiger partial charge in [-0.3, -0.25) is 4.79 Å². The Bertz CT molecular complexity index is 988. The Kier molecular flexibility index (Phi) is 2.86. The van der Waals surface area contributed by atoms with Crippen LogP contribution in [0.5, 0.6) is 0 Å². The monoisotopic (exact) mass is 292 g/mol. The first-order valence-corrected chi connectivity index (χ1v) is 6.19. The molecule has 0 fully saturated rings. The average Bonchev–Trinajstić information content (AvgIpc) is 2.73. The number of hydrogen-bond donors (Lipinski definition) is 0. The van der Waals surface area contributed by atoms with Gasteiger partial charge in [0, 0.05) is 16.7 Å². The van der Waals surface area contributed by atoms with Crippen LogP contribution in [-0.2, 0) is 0 Å². The minimum absolute atomic E-state index is 0.0318. The van der Waals surface area contributed by atoms with E-state index in [0.717, 1.165) is 12.1 Å². The minimum atomic E-state index is -1.01. The maximum atomic E-state index is 13.4. The zero-order valence-electron chi connectivity index (χ0n) is 11.1. The van der Waals surface area contributed by atoms with E-state index in [-0.39, 0.29) is 22.3 Å². The summed E-state index contributed by atoms with van der Waals surface area (Å²) in [6.07, 6.45) is 0. The summed E-state index contributed by atoms with van der Waals surface area (Å²) in [6, 6.07) is 8.34. The Hall–Kier alpha value is -3.31. The van der Waals surface area contributed by atoms with Gasteiger partial charge in [0.25, 0.3) is 0 Å². The van der Waals surface area contributed by atoms with Crippen molar-refractivity contribution in [3.05, 3.63) is 64.8 Å². The zero-order valence-corrected chi connectivity index (χ0v) is 11.1. The van der Waals surface area contributed by atoms with Crippen molar-refractivity contribution < 1.29 is 13.6 Å². The van der Waals surface area contributed by atoms with Crippen LogP contribution in [0.4, 0.5) is 8.78 Å². The molecule has 0 bridgehead atoms. The van der Waals surface area contributed by atoms with Gasteiger partial charge >= 0.3 is 0 Å². The summed E-state index contributed by atoms with van der Waals surface area (Å²) < 4.78 is 26.7. The highest BCUT2D eigenvalue weighted by Crippen LogP contribution is 2.40. The molecule has 0 amide bonds. The quantitative estimate of drug-likeness (QED) is 0.549. The van der Waals surface area contributed by atoms with Crippen LogP contribution in [-0.4, -0.2) is 5.78 Å². The summed E-state index contributed by atoms with van der Waals surface area (Å²) in [7, 11) is 0. The molecule has 0 saturated heterocycles. The third kappa shape index (κ3) is 1.73. The fourth-order valence-corrected chi connectivity index (χ4v) is 2.55. The predicted octanol–water partition coefficient (Wildman–Crippen LogP) is 3.67. The molecule has 0 aromatic heterocycles. The van der Waals surface area contributed by atoms with Crippen LogP contribution >= 0.6 is 0 Å². The third-order valence-corrected chi connectivity index (χ3v) is 3.58. The van der Waals surface area contributed by atoms with Gasteiger partial charge in [0.1, 0.15) is 17.7 Å². The number of nitrogens with zero attached hydrogens (tertiary/aromatic N) is 2. The van der Waals surface area contributed by atoms with E-state index in [4.69, 9.17) is 10.5 Å². The largest absolute Gasteiger partial charge is 0.289 e. The summed E-state index contributed by atoms with van der Waals surface area (Å²) >= 11 is 0. The summed E-state index contributed by atoms with van der Waals surface area (Å²) in [5, 5.41) is 18.8. The van der Waals surface area contributed by atoms with Gasteiger partial charge in [0.05, 0.1) is 0 Å². The number of rotatable bonds is 0. The van der Waals surface area contributed by atoms with E-state index in [2.05, 4.69) is 6.58 Å². The number of ketones is 1. The third-order valence-electron chi connectivity index (χ3n) is 3.58. The molecular formula is C17H6F2N2O.